The molecule has 20 heavy (non-hydrogen) atoms. The summed E-state index contributed by atoms with van der Waals surface area (Å²) in [7, 11) is 1.99. The van der Waals surface area contributed by atoms with Gasteiger partial charge in [0.2, 0.25) is 0 Å². The van der Waals surface area contributed by atoms with Crippen molar-refractivity contribution in [3.63, 3.8) is 0 Å². The first-order valence-electron chi connectivity index (χ1n) is 7.07. The van der Waals surface area contributed by atoms with Gasteiger partial charge in [-0.15, -0.1) is 0 Å². The van der Waals surface area contributed by atoms with Crippen molar-refractivity contribution in [3.05, 3.63) is 48.0 Å². The lowest BCUT2D eigenvalue weighted by Crippen LogP contribution is -2.22. The lowest BCUT2D eigenvalue weighted by Gasteiger charge is -2.20. The minimum absolute atomic E-state index is 0.256. The number of hydrogen-bond donors (Lipinski definition) is 2. The molecule has 2 rings (SSSR count). The van der Waals surface area contributed by atoms with Gasteiger partial charge in [0.15, 0.2) is 0 Å². The standard InChI is InChI=1S/C17H23NOS/c1-12(19)13(2)20-11-17(18-3)16-9-8-14-6-4-5-7-15(14)10-16/h4-10,12-13,17-19H,11H2,1-3H3. The van der Waals surface area contributed by atoms with Crippen molar-refractivity contribution in [1.29, 1.82) is 0 Å². The zero-order valence-corrected chi connectivity index (χ0v) is 13.2. The molecule has 0 radical (unpaired) electrons. The van der Waals surface area contributed by atoms with Gasteiger partial charge >= 0.3 is 0 Å². The van der Waals surface area contributed by atoms with E-state index in [-0.39, 0.29) is 11.4 Å². The Morgan fingerprint density at radius 1 is 1.10 bits per heavy atom. The molecule has 3 unspecified atom stereocenters. The summed E-state index contributed by atoms with van der Waals surface area (Å²) in [4.78, 5) is 0. The fourth-order valence-corrected chi connectivity index (χ4v) is 3.29. The lowest BCUT2D eigenvalue weighted by molar-refractivity contribution is 0.196. The molecule has 0 bridgehead atoms. The van der Waals surface area contributed by atoms with E-state index in [1.54, 1.807) is 11.8 Å². The number of nitrogens with one attached hydrogen (secondary N) is 1. The van der Waals surface area contributed by atoms with Gasteiger partial charge in [0.25, 0.3) is 0 Å². The first-order chi connectivity index (χ1) is 9.61. The molecule has 0 aliphatic rings. The quantitative estimate of drug-likeness (QED) is 0.852. The average Bonchev–Trinajstić information content (AvgIpc) is 2.47. The van der Waals surface area contributed by atoms with E-state index in [4.69, 9.17) is 0 Å². The van der Waals surface area contributed by atoms with E-state index in [1.807, 2.05) is 14.0 Å². The Hall–Kier alpha value is -1.03. The third kappa shape index (κ3) is 3.75. The highest BCUT2D eigenvalue weighted by Gasteiger charge is 2.14. The number of aliphatic hydroxyl groups is 1. The molecule has 0 fully saturated rings. The molecule has 2 aromatic carbocycles. The summed E-state index contributed by atoms with van der Waals surface area (Å²) in [6, 6.07) is 15.4. The molecule has 0 spiro atoms. The summed E-state index contributed by atoms with van der Waals surface area (Å²) in [6.07, 6.45) is -0.269. The van der Waals surface area contributed by atoms with Crippen molar-refractivity contribution in [2.75, 3.05) is 12.8 Å². The Morgan fingerprint density at radius 2 is 1.80 bits per heavy atom. The topological polar surface area (TPSA) is 32.3 Å². The monoisotopic (exact) mass is 289 g/mol. The molecule has 2 nitrogen and oxygen atoms in total. The second-order valence-corrected chi connectivity index (χ2v) is 6.64. The summed E-state index contributed by atoms with van der Waals surface area (Å²) in [6.45, 7) is 3.92. The largest absolute Gasteiger partial charge is 0.392 e. The van der Waals surface area contributed by atoms with Gasteiger partial charge in [-0.1, -0.05) is 43.3 Å². The Balaban J connectivity index is 2.12. The van der Waals surface area contributed by atoms with Gasteiger partial charge in [-0.3, -0.25) is 0 Å². The highest BCUT2D eigenvalue weighted by Crippen LogP contribution is 2.25. The summed E-state index contributed by atoms with van der Waals surface area (Å²) >= 11 is 1.80. The SMILES string of the molecule is CNC(CSC(C)C(C)O)c1ccc2ccccc2c1. The Kier molecular flexibility index (Phi) is 5.46. The predicted molar refractivity (Wildman–Crippen MR) is 89.3 cm³/mol. The molecule has 108 valence electrons. The van der Waals surface area contributed by atoms with Crippen molar-refractivity contribution >= 4 is 22.5 Å². The van der Waals surface area contributed by atoms with E-state index in [1.165, 1.54) is 16.3 Å². The molecule has 3 atom stereocenters. The second kappa shape index (κ2) is 7.11. The smallest absolute Gasteiger partial charge is 0.0628 e. The Morgan fingerprint density at radius 3 is 2.45 bits per heavy atom. The maximum atomic E-state index is 9.58. The molecular weight excluding hydrogens is 266 g/mol. The van der Waals surface area contributed by atoms with Crippen LogP contribution in [-0.4, -0.2) is 29.3 Å². The van der Waals surface area contributed by atoms with Gasteiger partial charge < -0.3 is 10.4 Å². The number of hydrogen-bond acceptors (Lipinski definition) is 3. The highest BCUT2D eigenvalue weighted by atomic mass is 32.2. The summed E-state index contributed by atoms with van der Waals surface area (Å²) in [5.74, 6) is 0.959. The van der Waals surface area contributed by atoms with Crippen LogP contribution < -0.4 is 5.32 Å². The third-order valence-corrected chi connectivity index (χ3v) is 5.17. The normalized spacial score (nSPS) is 16.0. The van der Waals surface area contributed by atoms with E-state index >= 15 is 0 Å². The van der Waals surface area contributed by atoms with Crippen LogP contribution in [0.15, 0.2) is 42.5 Å². The molecule has 3 heteroatoms. The van der Waals surface area contributed by atoms with Crippen LogP contribution >= 0.6 is 11.8 Å². The van der Waals surface area contributed by atoms with Crippen LogP contribution in [0.3, 0.4) is 0 Å². The van der Waals surface area contributed by atoms with Crippen LogP contribution in [-0.2, 0) is 0 Å². The molecule has 0 amide bonds. The molecule has 2 aromatic rings. The van der Waals surface area contributed by atoms with Crippen LogP contribution in [0.1, 0.15) is 25.5 Å². The molecule has 2 N–H and O–H groups in total. The molecular formula is C17H23NOS. The molecule has 0 aliphatic heterocycles. The zero-order valence-electron chi connectivity index (χ0n) is 12.3. The average molecular weight is 289 g/mol. The number of rotatable bonds is 6. The van der Waals surface area contributed by atoms with Crippen molar-refractivity contribution in [3.8, 4) is 0 Å². The Labute approximate surface area is 125 Å². The first-order valence-corrected chi connectivity index (χ1v) is 8.12. The fourth-order valence-electron chi connectivity index (χ4n) is 2.16. The fraction of sp³-hybridized carbons (Fsp3) is 0.412. The minimum Gasteiger partial charge on any atom is -0.392 e. The van der Waals surface area contributed by atoms with Crippen LogP contribution in [0.25, 0.3) is 10.8 Å². The van der Waals surface area contributed by atoms with E-state index < -0.39 is 0 Å². The predicted octanol–water partition coefficient (Wildman–Crippen LogP) is 3.60. The molecule has 0 aliphatic carbocycles. The molecule has 0 saturated carbocycles. The summed E-state index contributed by atoms with van der Waals surface area (Å²) < 4.78 is 0. The molecule has 0 heterocycles. The highest BCUT2D eigenvalue weighted by molar-refractivity contribution is 7.99. The van der Waals surface area contributed by atoms with Crippen LogP contribution in [0.2, 0.25) is 0 Å². The van der Waals surface area contributed by atoms with Crippen molar-refractivity contribution in [1.82, 2.24) is 5.32 Å². The number of aliphatic hydroxyl groups excluding tert-OH is 1. The van der Waals surface area contributed by atoms with E-state index in [0.29, 0.717) is 6.04 Å². The number of benzene rings is 2. The van der Waals surface area contributed by atoms with Gasteiger partial charge in [-0.25, -0.2) is 0 Å². The van der Waals surface area contributed by atoms with Gasteiger partial charge in [0.05, 0.1) is 6.10 Å². The number of thioether (sulfide) groups is 1. The van der Waals surface area contributed by atoms with Gasteiger partial charge in [-0.05, 0) is 36.4 Å². The third-order valence-electron chi connectivity index (χ3n) is 3.73. The van der Waals surface area contributed by atoms with E-state index in [2.05, 4.69) is 54.7 Å². The molecule has 0 aromatic heterocycles. The van der Waals surface area contributed by atoms with Crippen LogP contribution in [0, 0.1) is 0 Å². The maximum Gasteiger partial charge on any atom is 0.0628 e. The van der Waals surface area contributed by atoms with Gasteiger partial charge in [-0.2, -0.15) is 11.8 Å². The molecule has 0 saturated heterocycles. The van der Waals surface area contributed by atoms with E-state index in [0.717, 1.165) is 5.75 Å². The lowest BCUT2D eigenvalue weighted by atomic mass is 10.0. The van der Waals surface area contributed by atoms with Gasteiger partial charge in [0.1, 0.15) is 0 Å². The van der Waals surface area contributed by atoms with Crippen LogP contribution in [0.5, 0.6) is 0 Å². The van der Waals surface area contributed by atoms with Crippen molar-refractivity contribution in [2.24, 2.45) is 0 Å². The summed E-state index contributed by atoms with van der Waals surface area (Å²) in [5, 5.41) is 15.8. The van der Waals surface area contributed by atoms with Crippen LogP contribution in [0.4, 0.5) is 0 Å². The van der Waals surface area contributed by atoms with Crippen molar-refractivity contribution < 1.29 is 5.11 Å². The van der Waals surface area contributed by atoms with Gasteiger partial charge in [0, 0.05) is 17.0 Å². The zero-order chi connectivity index (χ0) is 14.5. The van der Waals surface area contributed by atoms with E-state index in [9.17, 15) is 5.11 Å². The Bertz CT molecular complexity index is 555. The van der Waals surface area contributed by atoms with Crippen molar-refractivity contribution in [2.45, 2.75) is 31.2 Å². The maximum absolute atomic E-state index is 9.58. The number of fused-ring (bicyclic) bond motifs is 1. The second-order valence-electron chi connectivity index (χ2n) is 5.23. The summed E-state index contributed by atoms with van der Waals surface area (Å²) in [5.41, 5.74) is 1.30. The minimum atomic E-state index is -0.269. The first kappa shape index (κ1) is 15.4.